The minimum absolute atomic E-state index is 0.0274. The Labute approximate surface area is 242 Å². The van der Waals surface area contributed by atoms with E-state index in [-0.39, 0.29) is 24.7 Å². The summed E-state index contributed by atoms with van der Waals surface area (Å²) in [6.45, 7) is 8.10. The molecule has 0 heterocycles. The van der Waals surface area contributed by atoms with Crippen LogP contribution < -0.4 is 21.3 Å². The van der Waals surface area contributed by atoms with Crippen molar-refractivity contribution in [2.75, 3.05) is 14.2 Å². The largest absolute Gasteiger partial charge is 0.377 e. The number of carbonyl (C=O) groups excluding carboxylic acids is 1. The third kappa shape index (κ3) is 17.8. The summed E-state index contributed by atoms with van der Waals surface area (Å²) in [6.07, 6.45) is 4.41. The number of rotatable bonds is 26. The van der Waals surface area contributed by atoms with Gasteiger partial charge in [-0.05, 0) is 46.1 Å². The summed E-state index contributed by atoms with van der Waals surface area (Å²) in [5.74, 6) is -0.467. The molecule has 11 nitrogen and oxygen atoms in total. The number of hydrogen-bond donors (Lipinski definition) is 9. The first-order valence-corrected chi connectivity index (χ1v) is 15.4. The molecule has 9 N–H and O–H groups in total. The van der Waals surface area contributed by atoms with Crippen LogP contribution in [-0.2, 0) is 9.53 Å². The molecule has 0 fully saturated rings. The number of hydrogen-bond acceptors (Lipinski definition) is 10. The van der Waals surface area contributed by atoms with E-state index < -0.39 is 43.2 Å². The quantitative estimate of drug-likeness (QED) is 0.0542. The van der Waals surface area contributed by atoms with Crippen LogP contribution in [0.5, 0.6) is 0 Å². The van der Waals surface area contributed by atoms with Crippen LogP contribution in [0.1, 0.15) is 111 Å². The van der Waals surface area contributed by atoms with Gasteiger partial charge in [-0.3, -0.25) is 15.4 Å². The molecule has 0 rings (SSSR count). The summed E-state index contributed by atoms with van der Waals surface area (Å²) in [5.41, 5.74) is 0. The van der Waals surface area contributed by atoms with Gasteiger partial charge in [0.2, 0.25) is 5.91 Å². The SMILES string of the molecule is CCCCCC(NC(O)C(CCC(O)O)NC(=O)C(C)CCCCC(C)NC)C(O)NC(CCCC)C(O)OC. The van der Waals surface area contributed by atoms with E-state index in [1.54, 1.807) is 0 Å². The van der Waals surface area contributed by atoms with Gasteiger partial charge in [0.15, 0.2) is 12.6 Å². The minimum Gasteiger partial charge on any atom is -0.377 e. The predicted octanol–water partition coefficient (Wildman–Crippen LogP) is 1.66. The van der Waals surface area contributed by atoms with Crippen molar-refractivity contribution >= 4 is 5.91 Å². The summed E-state index contributed by atoms with van der Waals surface area (Å²) in [5, 5.41) is 63.6. The van der Waals surface area contributed by atoms with E-state index in [9.17, 15) is 30.3 Å². The second-order valence-electron chi connectivity index (χ2n) is 11.2. The van der Waals surface area contributed by atoms with Gasteiger partial charge < -0.3 is 40.9 Å². The Morgan fingerprint density at radius 2 is 1.25 bits per heavy atom. The van der Waals surface area contributed by atoms with Crippen LogP contribution in [0, 0.1) is 5.92 Å². The fourth-order valence-electron chi connectivity index (χ4n) is 4.65. The number of carbonyl (C=O) groups is 1. The zero-order valence-corrected chi connectivity index (χ0v) is 25.9. The van der Waals surface area contributed by atoms with Crippen LogP contribution in [0.25, 0.3) is 0 Å². The maximum absolute atomic E-state index is 13.0. The molecule has 0 radical (unpaired) electrons. The number of ether oxygens (including phenoxy) is 1. The fourth-order valence-corrected chi connectivity index (χ4v) is 4.65. The molecule has 0 aliphatic heterocycles. The molecule has 0 saturated heterocycles. The Bertz CT molecular complexity index is 617. The van der Waals surface area contributed by atoms with E-state index in [1.165, 1.54) is 7.11 Å². The van der Waals surface area contributed by atoms with E-state index in [4.69, 9.17) is 4.74 Å². The highest BCUT2D eigenvalue weighted by molar-refractivity contribution is 5.78. The zero-order valence-electron chi connectivity index (χ0n) is 25.9. The van der Waals surface area contributed by atoms with Crippen molar-refractivity contribution in [1.82, 2.24) is 21.3 Å². The Morgan fingerprint density at radius 3 is 1.82 bits per heavy atom. The molecular formula is C29H62N4O7. The number of aliphatic hydroxyl groups excluding tert-OH is 4. The van der Waals surface area contributed by atoms with Gasteiger partial charge in [-0.25, -0.2) is 0 Å². The number of nitrogens with one attached hydrogen (secondary N) is 4. The number of amides is 1. The summed E-state index contributed by atoms with van der Waals surface area (Å²) in [6, 6.07) is -1.44. The van der Waals surface area contributed by atoms with Gasteiger partial charge in [-0.2, -0.15) is 0 Å². The highest BCUT2D eigenvalue weighted by atomic mass is 16.6. The smallest absolute Gasteiger partial charge is 0.223 e. The van der Waals surface area contributed by atoms with Crippen molar-refractivity contribution in [1.29, 1.82) is 0 Å². The molecule has 11 heteroatoms. The maximum atomic E-state index is 13.0. The van der Waals surface area contributed by atoms with Gasteiger partial charge in [0.25, 0.3) is 0 Å². The molecule has 8 unspecified atom stereocenters. The normalized spacial score (nSPS) is 18.1. The molecule has 0 spiro atoms. The minimum atomic E-state index is -1.57. The summed E-state index contributed by atoms with van der Waals surface area (Å²) >= 11 is 0. The fraction of sp³-hybridized carbons (Fsp3) is 0.966. The first-order chi connectivity index (χ1) is 19.0. The molecule has 0 aromatic rings. The highest BCUT2D eigenvalue weighted by Gasteiger charge is 2.31. The molecule has 8 atom stereocenters. The third-order valence-corrected chi connectivity index (χ3v) is 7.63. The lowest BCUT2D eigenvalue weighted by Crippen LogP contribution is -2.60. The van der Waals surface area contributed by atoms with Crippen LogP contribution >= 0.6 is 0 Å². The average Bonchev–Trinajstić information content (AvgIpc) is 2.93. The van der Waals surface area contributed by atoms with Gasteiger partial charge in [0, 0.05) is 31.5 Å². The van der Waals surface area contributed by atoms with Gasteiger partial charge in [-0.15, -0.1) is 0 Å². The molecule has 0 saturated carbocycles. The van der Waals surface area contributed by atoms with Crippen molar-refractivity contribution < 1.29 is 35.1 Å². The van der Waals surface area contributed by atoms with Crippen molar-refractivity contribution in [3.8, 4) is 0 Å². The molecule has 0 aliphatic carbocycles. The van der Waals surface area contributed by atoms with E-state index in [2.05, 4.69) is 35.1 Å². The van der Waals surface area contributed by atoms with E-state index in [0.717, 1.165) is 51.4 Å². The topological polar surface area (TPSA) is 176 Å². The maximum Gasteiger partial charge on any atom is 0.223 e. The van der Waals surface area contributed by atoms with Crippen molar-refractivity contribution in [3.63, 3.8) is 0 Å². The Morgan fingerprint density at radius 1 is 0.700 bits per heavy atom. The monoisotopic (exact) mass is 578 g/mol. The summed E-state index contributed by atoms with van der Waals surface area (Å²) in [7, 11) is 3.34. The molecule has 0 aliphatic rings. The molecule has 40 heavy (non-hydrogen) atoms. The van der Waals surface area contributed by atoms with Crippen molar-refractivity contribution in [3.05, 3.63) is 0 Å². The van der Waals surface area contributed by atoms with Crippen LogP contribution in [0.4, 0.5) is 0 Å². The first kappa shape index (κ1) is 39.1. The lowest BCUT2D eigenvalue weighted by atomic mass is 9.99. The van der Waals surface area contributed by atoms with Crippen LogP contribution in [0.15, 0.2) is 0 Å². The third-order valence-electron chi connectivity index (χ3n) is 7.63. The highest BCUT2D eigenvalue weighted by Crippen LogP contribution is 2.15. The Balaban J connectivity index is 5.42. The van der Waals surface area contributed by atoms with Crippen LogP contribution in [0.3, 0.4) is 0 Å². The second-order valence-corrected chi connectivity index (χ2v) is 11.2. The van der Waals surface area contributed by atoms with E-state index in [1.807, 2.05) is 20.9 Å². The molecule has 0 aromatic carbocycles. The van der Waals surface area contributed by atoms with Crippen LogP contribution in [0.2, 0.25) is 0 Å². The van der Waals surface area contributed by atoms with Gasteiger partial charge in [-0.1, -0.05) is 65.7 Å². The van der Waals surface area contributed by atoms with Gasteiger partial charge in [0.05, 0.1) is 12.1 Å². The van der Waals surface area contributed by atoms with E-state index in [0.29, 0.717) is 25.3 Å². The standard InChI is InChI=1S/C29H62N4O7/c1-7-9-11-17-22(27(37)33-24(16-10-8-2)29(39)40-6)32-28(38)23(18-19-25(34)35)31-26(36)20(3)14-12-13-15-21(4)30-5/h20-25,27-30,32-35,37-39H,7-19H2,1-6H3,(H,31,36). The molecule has 0 bridgehead atoms. The molecule has 240 valence electrons. The molecule has 1 amide bonds. The van der Waals surface area contributed by atoms with Crippen molar-refractivity contribution in [2.45, 2.75) is 160 Å². The number of unbranched alkanes of at least 4 members (excludes halogenated alkanes) is 4. The van der Waals surface area contributed by atoms with E-state index >= 15 is 0 Å². The lowest BCUT2D eigenvalue weighted by Gasteiger charge is -2.34. The second kappa shape index (κ2) is 23.6. The van der Waals surface area contributed by atoms with Crippen LogP contribution in [-0.4, -0.2) is 94.8 Å². The first-order valence-electron chi connectivity index (χ1n) is 15.4. The number of methoxy groups -OCH3 is 1. The zero-order chi connectivity index (χ0) is 30.5. The van der Waals surface area contributed by atoms with Gasteiger partial charge >= 0.3 is 0 Å². The molecular weight excluding hydrogens is 516 g/mol. The van der Waals surface area contributed by atoms with Gasteiger partial charge in [0.1, 0.15) is 12.5 Å². The predicted molar refractivity (Wildman–Crippen MR) is 158 cm³/mol. The number of aliphatic hydroxyl groups is 5. The molecule has 0 aromatic heterocycles. The Kier molecular flexibility index (Phi) is 23.1. The lowest BCUT2D eigenvalue weighted by molar-refractivity contribution is -0.127. The average molecular weight is 579 g/mol. The summed E-state index contributed by atoms with van der Waals surface area (Å²) < 4.78 is 5.09. The Hall–Kier alpha value is -0.890. The summed E-state index contributed by atoms with van der Waals surface area (Å²) in [4.78, 5) is 13.0. The van der Waals surface area contributed by atoms with Crippen molar-refractivity contribution in [2.24, 2.45) is 5.92 Å².